The number of carbonyl (C=O) groups excluding carboxylic acids is 2. The summed E-state index contributed by atoms with van der Waals surface area (Å²) >= 11 is 6.05. The Morgan fingerprint density at radius 2 is 1.89 bits per heavy atom. The van der Waals surface area contributed by atoms with Crippen molar-refractivity contribution in [2.75, 3.05) is 13.7 Å². The lowest BCUT2D eigenvalue weighted by molar-refractivity contribution is -0.150. The molecule has 0 radical (unpaired) electrons. The smallest absolute Gasteiger partial charge is 0.331 e. The van der Waals surface area contributed by atoms with Crippen molar-refractivity contribution < 1.29 is 19.1 Å². The molecule has 1 atom stereocenters. The molecular weight excluding hydrogens is 378 g/mol. The van der Waals surface area contributed by atoms with E-state index >= 15 is 0 Å². The molecule has 2 aromatic carbocycles. The minimum absolute atomic E-state index is 0.339. The molecule has 1 amide bonds. The number of hydrogen-bond donors (Lipinski definition) is 1. The summed E-state index contributed by atoms with van der Waals surface area (Å²) in [6.45, 7) is 3.89. The zero-order valence-electron chi connectivity index (χ0n) is 16.2. The molecule has 0 heterocycles. The van der Waals surface area contributed by atoms with Crippen LogP contribution in [0, 0.1) is 6.92 Å². The van der Waals surface area contributed by atoms with Crippen molar-refractivity contribution in [3.05, 3.63) is 70.3 Å². The normalized spacial score (nSPS) is 11.9. The largest absolute Gasteiger partial charge is 0.497 e. The number of amides is 1. The van der Waals surface area contributed by atoms with Crippen LogP contribution in [0.25, 0.3) is 6.08 Å². The zero-order chi connectivity index (χ0) is 20.5. The molecule has 0 unspecified atom stereocenters. The van der Waals surface area contributed by atoms with Gasteiger partial charge in [0.1, 0.15) is 5.75 Å². The van der Waals surface area contributed by atoms with Crippen molar-refractivity contribution >= 4 is 29.6 Å². The molecule has 0 aliphatic heterocycles. The van der Waals surface area contributed by atoms with Gasteiger partial charge in [0.05, 0.1) is 7.11 Å². The highest BCUT2D eigenvalue weighted by Crippen LogP contribution is 2.17. The Hall–Kier alpha value is -2.79. The van der Waals surface area contributed by atoms with E-state index in [2.05, 4.69) is 5.32 Å². The molecule has 0 bridgehead atoms. The monoisotopic (exact) mass is 401 g/mol. The van der Waals surface area contributed by atoms with Gasteiger partial charge in [-0.25, -0.2) is 4.79 Å². The Bertz CT molecular complexity index is 846. The second-order valence-corrected chi connectivity index (χ2v) is 6.72. The first kappa shape index (κ1) is 21.5. The first-order valence-corrected chi connectivity index (χ1v) is 9.32. The van der Waals surface area contributed by atoms with Gasteiger partial charge in [-0.15, -0.1) is 0 Å². The highest BCUT2D eigenvalue weighted by Gasteiger charge is 2.15. The molecule has 28 heavy (non-hydrogen) atoms. The lowest BCUT2D eigenvalue weighted by atomic mass is 10.1. The van der Waals surface area contributed by atoms with Gasteiger partial charge in [-0.1, -0.05) is 35.9 Å². The summed E-state index contributed by atoms with van der Waals surface area (Å²) in [5.74, 6) is -0.141. The molecule has 6 heteroatoms. The van der Waals surface area contributed by atoms with Gasteiger partial charge in [-0.2, -0.15) is 0 Å². The number of carbonyl (C=O) groups is 2. The van der Waals surface area contributed by atoms with E-state index in [4.69, 9.17) is 21.1 Å². The van der Waals surface area contributed by atoms with Crippen LogP contribution in [0.15, 0.2) is 48.5 Å². The van der Waals surface area contributed by atoms with E-state index < -0.39 is 12.1 Å². The molecular formula is C22H24ClNO4. The van der Waals surface area contributed by atoms with Gasteiger partial charge in [-0.3, -0.25) is 4.79 Å². The number of benzene rings is 2. The number of ether oxygens (including phenoxy) is 2. The fourth-order valence-corrected chi connectivity index (χ4v) is 2.60. The third-order valence-electron chi connectivity index (χ3n) is 4.14. The molecule has 0 fully saturated rings. The number of nitrogens with one attached hydrogen (secondary N) is 1. The predicted octanol–water partition coefficient (Wildman–Crippen LogP) is 3.96. The maximum absolute atomic E-state index is 12.1. The van der Waals surface area contributed by atoms with Crippen LogP contribution in [0.4, 0.5) is 0 Å². The summed E-state index contributed by atoms with van der Waals surface area (Å²) in [5.41, 5.74) is 2.82. The lowest BCUT2D eigenvalue weighted by Gasteiger charge is -2.12. The van der Waals surface area contributed by atoms with E-state index in [1.54, 1.807) is 19.3 Å². The van der Waals surface area contributed by atoms with Crippen molar-refractivity contribution in [2.45, 2.75) is 26.4 Å². The van der Waals surface area contributed by atoms with Crippen LogP contribution in [-0.2, 0) is 20.7 Å². The molecule has 1 N–H and O–H groups in total. The fourth-order valence-electron chi connectivity index (χ4n) is 2.41. The van der Waals surface area contributed by atoms with Crippen molar-refractivity contribution in [3.63, 3.8) is 0 Å². The van der Waals surface area contributed by atoms with Crippen LogP contribution < -0.4 is 10.1 Å². The Morgan fingerprint density at radius 3 is 2.54 bits per heavy atom. The summed E-state index contributed by atoms with van der Waals surface area (Å²) in [5, 5.41) is 3.39. The Kier molecular flexibility index (Phi) is 8.08. The van der Waals surface area contributed by atoms with Crippen LogP contribution in [0.1, 0.15) is 23.6 Å². The molecule has 0 saturated heterocycles. The van der Waals surface area contributed by atoms with Crippen LogP contribution >= 0.6 is 11.6 Å². The standard InChI is InChI=1S/C22H24ClNO4/c1-15-4-5-18(14-20(15)23)8-11-21(25)28-16(2)22(26)24-13-12-17-6-9-19(27-3)10-7-17/h4-11,14,16H,12-13H2,1-3H3,(H,24,26)/b11-8+/t16-/m0/s1. The maximum Gasteiger partial charge on any atom is 0.331 e. The number of halogens is 1. The van der Waals surface area contributed by atoms with Crippen LogP contribution in [-0.4, -0.2) is 31.6 Å². The van der Waals surface area contributed by atoms with E-state index in [-0.39, 0.29) is 5.91 Å². The van der Waals surface area contributed by atoms with Crippen molar-refractivity contribution in [2.24, 2.45) is 0 Å². The van der Waals surface area contributed by atoms with E-state index in [0.29, 0.717) is 18.0 Å². The molecule has 0 saturated carbocycles. The van der Waals surface area contributed by atoms with Crippen LogP contribution in [0.5, 0.6) is 5.75 Å². The molecule has 0 aromatic heterocycles. The van der Waals surface area contributed by atoms with Crippen molar-refractivity contribution in [1.29, 1.82) is 0 Å². The van der Waals surface area contributed by atoms with E-state index in [1.165, 1.54) is 13.0 Å². The topological polar surface area (TPSA) is 64.6 Å². The van der Waals surface area contributed by atoms with Crippen molar-refractivity contribution in [3.8, 4) is 5.75 Å². The average molecular weight is 402 g/mol. The number of methoxy groups -OCH3 is 1. The molecule has 148 valence electrons. The van der Waals surface area contributed by atoms with E-state index in [9.17, 15) is 9.59 Å². The van der Waals surface area contributed by atoms with E-state index in [0.717, 1.165) is 22.4 Å². The Balaban J connectivity index is 1.76. The van der Waals surface area contributed by atoms with Crippen LogP contribution in [0.2, 0.25) is 5.02 Å². The molecule has 0 spiro atoms. The first-order valence-electron chi connectivity index (χ1n) is 8.94. The van der Waals surface area contributed by atoms with Gasteiger partial charge in [0.15, 0.2) is 6.10 Å². The summed E-state index contributed by atoms with van der Waals surface area (Å²) in [6.07, 6.45) is 2.67. The van der Waals surface area contributed by atoms with Gasteiger partial charge in [0.2, 0.25) is 0 Å². The minimum Gasteiger partial charge on any atom is -0.497 e. The van der Waals surface area contributed by atoms with Gasteiger partial charge >= 0.3 is 5.97 Å². The summed E-state index contributed by atoms with van der Waals surface area (Å²) in [6, 6.07) is 13.1. The third kappa shape index (κ3) is 6.74. The first-order chi connectivity index (χ1) is 13.4. The Morgan fingerprint density at radius 1 is 1.18 bits per heavy atom. The van der Waals surface area contributed by atoms with Gasteiger partial charge in [0.25, 0.3) is 5.91 Å². The van der Waals surface area contributed by atoms with Gasteiger partial charge < -0.3 is 14.8 Å². The molecule has 0 aliphatic carbocycles. The maximum atomic E-state index is 12.1. The summed E-state index contributed by atoms with van der Waals surface area (Å²) < 4.78 is 10.2. The number of aryl methyl sites for hydroxylation is 1. The number of rotatable bonds is 8. The second kappa shape index (κ2) is 10.5. The number of esters is 1. The second-order valence-electron chi connectivity index (χ2n) is 6.31. The summed E-state index contributed by atoms with van der Waals surface area (Å²) in [4.78, 5) is 24.0. The third-order valence-corrected chi connectivity index (χ3v) is 4.55. The predicted molar refractivity (Wildman–Crippen MR) is 110 cm³/mol. The lowest BCUT2D eigenvalue weighted by Crippen LogP contribution is -2.36. The summed E-state index contributed by atoms with van der Waals surface area (Å²) in [7, 11) is 1.61. The van der Waals surface area contributed by atoms with Crippen molar-refractivity contribution in [1.82, 2.24) is 5.32 Å². The molecule has 5 nitrogen and oxygen atoms in total. The SMILES string of the molecule is COc1ccc(CCNC(=O)[C@H](C)OC(=O)/C=C/c2ccc(C)c(Cl)c2)cc1. The quantitative estimate of drug-likeness (QED) is 0.537. The van der Waals surface area contributed by atoms with Crippen LogP contribution in [0.3, 0.4) is 0 Å². The molecule has 2 aromatic rings. The van der Waals surface area contributed by atoms with E-state index in [1.807, 2.05) is 43.3 Å². The molecule has 0 aliphatic rings. The van der Waals surface area contributed by atoms with Gasteiger partial charge in [0, 0.05) is 17.6 Å². The number of hydrogen-bond acceptors (Lipinski definition) is 4. The highest BCUT2D eigenvalue weighted by molar-refractivity contribution is 6.31. The Labute approximate surface area is 170 Å². The average Bonchev–Trinajstić information content (AvgIpc) is 2.69. The fraction of sp³-hybridized carbons (Fsp3) is 0.273. The highest BCUT2D eigenvalue weighted by atomic mass is 35.5. The minimum atomic E-state index is -0.880. The zero-order valence-corrected chi connectivity index (χ0v) is 17.0. The molecule has 2 rings (SSSR count). The van der Waals surface area contributed by atoms with Gasteiger partial charge in [-0.05, 0) is 61.2 Å².